The number of halogens is 1. The molecule has 28 heavy (non-hydrogen) atoms. The van der Waals surface area contributed by atoms with E-state index in [0.717, 1.165) is 16.6 Å². The van der Waals surface area contributed by atoms with E-state index in [2.05, 4.69) is 15.6 Å². The number of carbonyl (C=O) groups is 1. The van der Waals surface area contributed by atoms with E-state index in [1.165, 1.54) is 6.92 Å². The maximum Gasteiger partial charge on any atom is 0.221 e. The van der Waals surface area contributed by atoms with E-state index in [1.807, 2.05) is 32.0 Å². The third-order valence-corrected chi connectivity index (χ3v) is 4.29. The van der Waals surface area contributed by atoms with E-state index in [0.29, 0.717) is 41.1 Å². The zero-order chi connectivity index (χ0) is 20.1. The van der Waals surface area contributed by atoms with Gasteiger partial charge < -0.3 is 20.1 Å². The number of rotatable bonds is 7. The van der Waals surface area contributed by atoms with Gasteiger partial charge in [0.25, 0.3) is 0 Å². The summed E-state index contributed by atoms with van der Waals surface area (Å²) in [4.78, 5) is 15.8. The van der Waals surface area contributed by atoms with Gasteiger partial charge in [-0.15, -0.1) is 0 Å². The molecule has 2 N–H and O–H groups in total. The van der Waals surface area contributed by atoms with Crippen LogP contribution in [0.4, 0.5) is 17.1 Å². The van der Waals surface area contributed by atoms with E-state index in [9.17, 15) is 4.79 Å². The molecule has 3 aromatic rings. The molecule has 0 saturated heterocycles. The fourth-order valence-electron chi connectivity index (χ4n) is 2.85. The SMILES string of the molecule is CCOc1cc2nccc(Nc3cc(NC(C)=O)ccc3Cl)c2cc1OCC. The van der Waals surface area contributed by atoms with E-state index >= 15 is 0 Å². The number of ether oxygens (including phenoxy) is 2. The van der Waals surface area contributed by atoms with Gasteiger partial charge in [0.15, 0.2) is 11.5 Å². The number of aromatic nitrogens is 1. The smallest absolute Gasteiger partial charge is 0.221 e. The Bertz CT molecular complexity index is 1010. The zero-order valence-corrected chi connectivity index (χ0v) is 16.8. The minimum Gasteiger partial charge on any atom is -0.490 e. The molecule has 0 bridgehead atoms. The highest BCUT2D eigenvalue weighted by atomic mass is 35.5. The fourth-order valence-corrected chi connectivity index (χ4v) is 3.01. The Labute approximate surface area is 168 Å². The highest BCUT2D eigenvalue weighted by Crippen LogP contribution is 2.37. The number of pyridine rings is 1. The molecule has 3 rings (SSSR count). The Hall–Kier alpha value is -2.99. The maximum absolute atomic E-state index is 11.3. The summed E-state index contributed by atoms with van der Waals surface area (Å²) < 4.78 is 11.4. The van der Waals surface area contributed by atoms with Crippen molar-refractivity contribution >= 4 is 45.5 Å². The van der Waals surface area contributed by atoms with Gasteiger partial charge in [0, 0.05) is 35.9 Å². The van der Waals surface area contributed by atoms with Crippen LogP contribution in [0.3, 0.4) is 0 Å². The first kappa shape index (κ1) is 19.8. The summed E-state index contributed by atoms with van der Waals surface area (Å²) in [7, 11) is 0. The van der Waals surface area contributed by atoms with Crippen molar-refractivity contribution < 1.29 is 14.3 Å². The minimum atomic E-state index is -0.146. The van der Waals surface area contributed by atoms with Crippen LogP contribution < -0.4 is 20.1 Å². The molecule has 1 heterocycles. The highest BCUT2D eigenvalue weighted by Gasteiger charge is 2.12. The molecule has 7 heteroatoms. The lowest BCUT2D eigenvalue weighted by atomic mass is 10.1. The van der Waals surface area contributed by atoms with Gasteiger partial charge in [-0.25, -0.2) is 0 Å². The van der Waals surface area contributed by atoms with Gasteiger partial charge in [-0.1, -0.05) is 11.6 Å². The summed E-state index contributed by atoms with van der Waals surface area (Å²) >= 11 is 6.35. The van der Waals surface area contributed by atoms with Crippen molar-refractivity contribution in [1.82, 2.24) is 4.98 Å². The maximum atomic E-state index is 11.3. The number of anilines is 3. The Balaban J connectivity index is 2.04. The van der Waals surface area contributed by atoms with Gasteiger partial charge in [-0.2, -0.15) is 0 Å². The normalized spacial score (nSPS) is 10.6. The molecule has 0 aliphatic carbocycles. The van der Waals surface area contributed by atoms with Gasteiger partial charge in [0.05, 0.1) is 29.4 Å². The second-order valence-electron chi connectivity index (χ2n) is 6.04. The summed E-state index contributed by atoms with van der Waals surface area (Å²) in [6, 6.07) is 10.9. The van der Waals surface area contributed by atoms with Crippen LogP contribution in [0.25, 0.3) is 10.9 Å². The minimum absolute atomic E-state index is 0.146. The third kappa shape index (κ3) is 4.46. The van der Waals surface area contributed by atoms with E-state index in [4.69, 9.17) is 21.1 Å². The molecule has 146 valence electrons. The van der Waals surface area contributed by atoms with Crippen molar-refractivity contribution in [2.24, 2.45) is 0 Å². The molecule has 0 spiro atoms. The van der Waals surface area contributed by atoms with Crippen LogP contribution in [0.1, 0.15) is 20.8 Å². The molecule has 2 aromatic carbocycles. The number of nitrogens with one attached hydrogen (secondary N) is 2. The molecule has 1 amide bonds. The number of benzene rings is 2. The predicted octanol–water partition coefficient (Wildman–Crippen LogP) is 5.39. The number of nitrogens with zero attached hydrogens (tertiary/aromatic N) is 1. The van der Waals surface area contributed by atoms with Crippen molar-refractivity contribution in [1.29, 1.82) is 0 Å². The molecule has 1 aromatic heterocycles. The second kappa shape index (κ2) is 8.80. The summed E-state index contributed by atoms with van der Waals surface area (Å²) in [5, 5.41) is 7.49. The molecule has 0 unspecified atom stereocenters. The lowest BCUT2D eigenvalue weighted by Gasteiger charge is -2.15. The molecule has 6 nitrogen and oxygen atoms in total. The summed E-state index contributed by atoms with van der Waals surface area (Å²) in [5.41, 5.74) is 2.92. The number of amides is 1. The lowest BCUT2D eigenvalue weighted by Crippen LogP contribution is -2.06. The topological polar surface area (TPSA) is 72.5 Å². The van der Waals surface area contributed by atoms with Gasteiger partial charge in [0.2, 0.25) is 5.91 Å². The van der Waals surface area contributed by atoms with Crippen LogP contribution in [-0.4, -0.2) is 24.1 Å². The number of carbonyl (C=O) groups excluding carboxylic acids is 1. The monoisotopic (exact) mass is 399 g/mol. The molecule has 0 aliphatic heterocycles. The van der Waals surface area contributed by atoms with E-state index < -0.39 is 0 Å². The van der Waals surface area contributed by atoms with Crippen LogP contribution in [-0.2, 0) is 4.79 Å². The first-order valence-corrected chi connectivity index (χ1v) is 9.42. The molecular formula is C21H22ClN3O3. The lowest BCUT2D eigenvalue weighted by molar-refractivity contribution is -0.114. The molecule has 0 aliphatic rings. The fraction of sp³-hybridized carbons (Fsp3) is 0.238. The molecular weight excluding hydrogens is 378 g/mol. The van der Waals surface area contributed by atoms with E-state index in [-0.39, 0.29) is 5.91 Å². The number of hydrogen-bond donors (Lipinski definition) is 2. The number of hydrogen-bond acceptors (Lipinski definition) is 5. The van der Waals surface area contributed by atoms with E-state index in [1.54, 1.807) is 24.4 Å². The van der Waals surface area contributed by atoms with Crippen LogP contribution in [0.2, 0.25) is 5.02 Å². The van der Waals surface area contributed by atoms with Crippen molar-refractivity contribution in [2.45, 2.75) is 20.8 Å². The van der Waals surface area contributed by atoms with Crippen LogP contribution in [0.5, 0.6) is 11.5 Å². The Morgan fingerprint density at radius 1 is 1.04 bits per heavy atom. The van der Waals surface area contributed by atoms with Crippen molar-refractivity contribution in [3.05, 3.63) is 47.6 Å². The summed E-state index contributed by atoms with van der Waals surface area (Å²) in [5.74, 6) is 1.17. The molecule has 0 saturated carbocycles. The third-order valence-electron chi connectivity index (χ3n) is 3.96. The quantitative estimate of drug-likeness (QED) is 0.557. The zero-order valence-electron chi connectivity index (χ0n) is 16.0. The van der Waals surface area contributed by atoms with Gasteiger partial charge in [-0.05, 0) is 44.2 Å². The Morgan fingerprint density at radius 2 is 1.75 bits per heavy atom. The van der Waals surface area contributed by atoms with Gasteiger partial charge in [0.1, 0.15) is 0 Å². The average molecular weight is 400 g/mol. The molecule has 0 radical (unpaired) electrons. The first-order chi connectivity index (χ1) is 13.5. The van der Waals surface area contributed by atoms with Crippen molar-refractivity contribution in [3.63, 3.8) is 0 Å². The largest absolute Gasteiger partial charge is 0.490 e. The predicted molar refractivity (Wildman–Crippen MR) is 113 cm³/mol. The summed E-state index contributed by atoms with van der Waals surface area (Å²) in [6.45, 7) is 6.38. The summed E-state index contributed by atoms with van der Waals surface area (Å²) in [6.07, 6.45) is 1.71. The van der Waals surface area contributed by atoms with Crippen LogP contribution in [0.15, 0.2) is 42.6 Å². The first-order valence-electron chi connectivity index (χ1n) is 9.04. The van der Waals surface area contributed by atoms with Gasteiger partial charge >= 0.3 is 0 Å². The Morgan fingerprint density at radius 3 is 2.43 bits per heavy atom. The standard InChI is InChI=1S/C21H22ClN3O3/c1-4-27-20-11-15-17(8-9-23-18(15)12-21(20)28-5-2)25-19-10-14(24-13(3)26)6-7-16(19)22/h6-12H,4-5H2,1-3H3,(H,23,25)(H,24,26). The molecule has 0 atom stereocenters. The van der Waals surface area contributed by atoms with Crippen LogP contribution in [0, 0.1) is 0 Å². The molecule has 0 fully saturated rings. The highest BCUT2D eigenvalue weighted by molar-refractivity contribution is 6.33. The Kier molecular flexibility index (Phi) is 6.21. The van der Waals surface area contributed by atoms with Crippen molar-refractivity contribution in [2.75, 3.05) is 23.8 Å². The van der Waals surface area contributed by atoms with Crippen LogP contribution >= 0.6 is 11.6 Å². The van der Waals surface area contributed by atoms with Crippen molar-refractivity contribution in [3.8, 4) is 11.5 Å². The second-order valence-corrected chi connectivity index (χ2v) is 6.45. The average Bonchev–Trinajstić information content (AvgIpc) is 2.65. The number of fused-ring (bicyclic) bond motifs is 1. The van der Waals surface area contributed by atoms with Gasteiger partial charge in [-0.3, -0.25) is 9.78 Å².